The number of aromatic nitrogens is 2. The lowest BCUT2D eigenvalue weighted by Crippen LogP contribution is -2.13. The summed E-state index contributed by atoms with van der Waals surface area (Å²) in [6, 6.07) is 5.90. The van der Waals surface area contributed by atoms with E-state index in [9.17, 15) is 4.39 Å². The number of nitrogens with one attached hydrogen (secondary N) is 1. The summed E-state index contributed by atoms with van der Waals surface area (Å²) < 4.78 is 18.9. The summed E-state index contributed by atoms with van der Waals surface area (Å²) in [7, 11) is 0. The molecule has 0 amide bonds. The van der Waals surface area contributed by atoms with Gasteiger partial charge in [0, 0.05) is 12.4 Å². The average molecular weight is 312 g/mol. The number of rotatable bonds is 5. The molecule has 2 aromatic rings. The van der Waals surface area contributed by atoms with Crippen LogP contribution in [0.2, 0.25) is 0 Å². The predicted octanol–water partition coefficient (Wildman–Crippen LogP) is 2.87. The maximum Gasteiger partial charge on any atom is 0.222 e. The smallest absolute Gasteiger partial charge is 0.222 e. The molecule has 0 atom stereocenters. The molecule has 1 aromatic carbocycles. The topological polar surface area (TPSA) is 47.0 Å². The third-order valence-corrected chi connectivity index (χ3v) is 2.50. The molecule has 4 nitrogen and oxygen atoms in total. The van der Waals surface area contributed by atoms with Gasteiger partial charge in [-0.3, -0.25) is 0 Å². The van der Waals surface area contributed by atoms with Crippen molar-refractivity contribution < 1.29 is 9.13 Å². The SMILES string of the molecule is Fc1ccc(OCCNc2ncc(Br)cn2)cc1. The van der Waals surface area contributed by atoms with Crippen molar-refractivity contribution in [2.24, 2.45) is 0 Å². The quantitative estimate of drug-likeness (QED) is 0.863. The van der Waals surface area contributed by atoms with Crippen LogP contribution in [0, 0.1) is 5.82 Å². The van der Waals surface area contributed by atoms with E-state index in [1.165, 1.54) is 12.1 Å². The molecule has 0 unspecified atom stereocenters. The van der Waals surface area contributed by atoms with Gasteiger partial charge in [0.15, 0.2) is 0 Å². The molecule has 2 rings (SSSR count). The van der Waals surface area contributed by atoms with Gasteiger partial charge >= 0.3 is 0 Å². The van der Waals surface area contributed by atoms with Gasteiger partial charge in [0.2, 0.25) is 5.95 Å². The van der Waals surface area contributed by atoms with Crippen LogP contribution in [0.15, 0.2) is 41.1 Å². The van der Waals surface area contributed by atoms with Gasteiger partial charge in [-0.2, -0.15) is 0 Å². The summed E-state index contributed by atoms with van der Waals surface area (Å²) >= 11 is 3.26. The number of anilines is 1. The van der Waals surface area contributed by atoms with Crippen LogP contribution in [0.5, 0.6) is 5.75 Å². The maximum absolute atomic E-state index is 12.6. The van der Waals surface area contributed by atoms with Crippen molar-refractivity contribution in [3.63, 3.8) is 0 Å². The van der Waals surface area contributed by atoms with Crippen LogP contribution < -0.4 is 10.1 Å². The van der Waals surface area contributed by atoms with E-state index >= 15 is 0 Å². The van der Waals surface area contributed by atoms with Crippen molar-refractivity contribution in [1.82, 2.24) is 9.97 Å². The highest BCUT2D eigenvalue weighted by Crippen LogP contribution is 2.11. The molecule has 0 aliphatic heterocycles. The Morgan fingerprint density at radius 3 is 2.50 bits per heavy atom. The van der Waals surface area contributed by atoms with Crippen molar-refractivity contribution in [3.05, 3.63) is 46.9 Å². The standard InChI is InChI=1S/C12H11BrFN3O/c13-9-7-16-12(17-8-9)15-5-6-18-11-3-1-10(14)2-4-11/h1-4,7-8H,5-6H2,(H,15,16,17). The van der Waals surface area contributed by atoms with Gasteiger partial charge in [0.1, 0.15) is 18.2 Å². The Kier molecular flexibility index (Phi) is 4.46. The van der Waals surface area contributed by atoms with Crippen LogP contribution in [0.4, 0.5) is 10.3 Å². The normalized spacial score (nSPS) is 10.1. The molecule has 0 aliphatic rings. The Morgan fingerprint density at radius 1 is 1.17 bits per heavy atom. The van der Waals surface area contributed by atoms with Gasteiger partial charge in [-0.25, -0.2) is 14.4 Å². The molecule has 1 heterocycles. The highest BCUT2D eigenvalue weighted by Gasteiger charge is 1.97. The Bertz CT molecular complexity index is 442. The zero-order valence-electron chi connectivity index (χ0n) is 9.44. The summed E-state index contributed by atoms with van der Waals surface area (Å²) in [5.74, 6) is 0.902. The van der Waals surface area contributed by atoms with E-state index in [2.05, 4.69) is 31.2 Å². The molecule has 0 radical (unpaired) electrons. The Morgan fingerprint density at radius 2 is 1.83 bits per heavy atom. The Hall–Kier alpha value is -1.69. The third-order valence-electron chi connectivity index (χ3n) is 2.09. The number of hydrogen-bond donors (Lipinski definition) is 1. The maximum atomic E-state index is 12.6. The predicted molar refractivity (Wildman–Crippen MR) is 70.1 cm³/mol. The molecular weight excluding hydrogens is 301 g/mol. The second-order valence-corrected chi connectivity index (χ2v) is 4.37. The van der Waals surface area contributed by atoms with Crippen LogP contribution in [0.3, 0.4) is 0 Å². The van der Waals surface area contributed by atoms with Gasteiger partial charge in [0.05, 0.1) is 11.0 Å². The second kappa shape index (κ2) is 6.30. The van der Waals surface area contributed by atoms with Gasteiger partial charge in [0.25, 0.3) is 0 Å². The minimum absolute atomic E-state index is 0.274. The van der Waals surface area contributed by atoms with Crippen molar-refractivity contribution in [2.75, 3.05) is 18.5 Å². The van der Waals surface area contributed by atoms with Crippen molar-refractivity contribution in [3.8, 4) is 5.75 Å². The fraction of sp³-hybridized carbons (Fsp3) is 0.167. The minimum atomic E-state index is -0.274. The molecule has 1 N–H and O–H groups in total. The number of hydrogen-bond acceptors (Lipinski definition) is 4. The molecule has 1 aromatic heterocycles. The van der Waals surface area contributed by atoms with Crippen LogP contribution >= 0.6 is 15.9 Å². The van der Waals surface area contributed by atoms with Gasteiger partial charge in [-0.15, -0.1) is 0 Å². The number of nitrogens with zero attached hydrogens (tertiary/aromatic N) is 2. The lowest BCUT2D eigenvalue weighted by molar-refractivity contribution is 0.332. The fourth-order valence-electron chi connectivity index (χ4n) is 1.27. The average Bonchev–Trinajstić information content (AvgIpc) is 2.39. The van der Waals surface area contributed by atoms with Crippen LogP contribution in [-0.2, 0) is 0 Å². The number of ether oxygens (including phenoxy) is 1. The summed E-state index contributed by atoms with van der Waals surface area (Å²) in [6.07, 6.45) is 3.33. The zero-order valence-corrected chi connectivity index (χ0v) is 11.0. The molecular formula is C12H11BrFN3O. The first-order chi connectivity index (χ1) is 8.74. The van der Waals surface area contributed by atoms with Gasteiger partial charge in [-0.1, -0.05) is 0 Å². The lowest BCUT2D eigenvalue weighted by Gasteiger charge is -2.07. The first kappa shape index (κ1) is 12.8. The molecule has 0 fully saturated rings. The largest absolute Gasteiger partial charge is 0.492 e. The lowest BCUT2D eigenvalue weighted by atomic mass is 10.3. The van der Waals surface area contributed by atoms with E-state index < -0.39 is 0 Å². The minimum Gasteiger partial charge on any atom is -0.492 e. The van der Waals surface area contributed by atoms with E-state index in [4.69, 9.17) is 4.74 Å². The van der Waals surface area contributed by atoms with Crippen LogP contribution in [0.1, 0.15) is 0 Å². The van der Waals surface area contributed by atoms with Crippen molar-refractivity contribution in [1.29, 1.82) is 0 Å². The number of benzene rings is 1. The summed E-state index contributed by atoms with van der Waals surface area (Å²) in [6.45, 7) is 1.02. The molecule has 0 spiro atoms. The zero-order chi connectivity index (χ0) is 12.8. The molecule has 0 saturated heterocycles. The highest BCUT2D eigenvalue weighted by atomic mass is 79.9. The first-order valence-corrected chi connectivity index (χ1v) is 6.13. The van der Waals surface area contributed by atoms with Crippen LogP contribution in [-0.4, -0.2) is 23.1 Å². The molecule has 0 bridgehead atoms. The number of halogens is 2. The van der Waals surface area contributed by atoms with E-state index in [0.717, 1.165) is 4.47 Å². The Labute approximate surface area is 112 Å². The van der Waals surface area contributed by atoms with E-state index in [1.807, 2.05) is 0 Å². The molecule has 18 heavy (non-hydrogen) atoms. The van der Waals surface area contributed by atoms with Crippen molar-refractivity contribution in [2.45, 2.75) is 0 Å². The monoisotopic (exact) mass is 311 g/mol. The highest BCUT2D eigenvalue weighted by molar-refractivity contribution is 9.10. The van der Waals surface area contributed by atoms with E-state index in [0.29, 0.717) is 24.8 Å². The fourth-order valence-corrected chi connectivity index (χ4v) is 1.47. The molecule has 0 saturated carbocycles. The first-order valence-electron chi connectivity index (χ1n) is 5.34. The van der Waals surface area contributed by atoms with Crippen molar-refractivity contribution >= 4 is 21.9 Å². The van der Waals surface area contributed by atoms with Gasteiger partial charge in [-0.05, 0) is 40.2 Å². The second-order valence-electron chi connectivity index (χ2n) is 3.45. The Balaban J connectivity index is 1.73. The molecule has 0 aliphatic carbocycles. The summed E-state index contributed by atoms with van der Waals surface area (Å²) in [4.78, 5) is 8.12. The molecule has 6 heteroatoms. The summed E-state index contributed by atoms with van der Waals surface area (Å²) in [5, 5.41) is 3.01. The molecule has 94 valence electrons. The van der Waals surface area contributed by atoms with Gasteiger partial charge < -0.3 is 10.1 Å². The van der Waals surface area contributed by atoms with E-state index in [1.54, 1.807) is 24.5 Å². The van der Waals surface area contributed by atoms with E-state index in [-0.39, 0.29) is 5.82 Å². The third kappa shape index (κ3) is 3.96. The van der Waals surface area contributed by atoms with Crippen LogP contribution in [0.25, 0.3) is 0 Å². The summed E-state index contributed by atoms with van der Waals surface area (Å²) in [5.41, 5.74) is 0.